The second-order valence-electron chi connectivity index (χ2n) is 4.85. The molecule has 1 heterocycles. The number of hydrogen-bond donors (Lipinski definition) is 1. The Hall–Kier alpha value is -0.160. The van der Waals surface area contributed by atoms with Gasteiger partial charge in [0.15, 0.2) is 0 Å². The predicted octanol–water partition coefficient (Wildman–Crippen LogP) is 0.971. The molecule has 0 radical (unpaired) electrons. The fraction of sp³-hybridized carbons (Fsp3) is 1.00. The third-order valence-electron chi connectivity index (χ3n) is 3.34. The molecule has 102 valence electrons. The fourth-order valence-corrected chi connectivity index (χ4v) is 2.43. The zero-order valence-corrected chi connectivity index (χ0v) is 11.4. The quantitative estimate of drug-likeness (QED) is 0.613. The highest BCUT2D eigenvalue weighted by Crippen LogP contribution is 2.15. The monoisotopic (exact) mass is 244 g/mol. The second-order valence-corrected chi connectivity index (χ2v) is 4.85. The Bertz CT molecular complexity index is 179. The molecule has 1 aliphatic rings. The van der Waals surface area contributed by atoms with Gasteiger partial charge in [0.25, 0.3) is 0 Å². The second kappa shape index (κ2) is 9.83. The van der Waals surface area contributed by atoms with Gasteiger partial charge >= 0.3 is 0 Å². The van der Waals surface area contributed by atoms with Crippen LogP contribution in [0.1, 0.15) is 19.3 Å². The van der Waals surface area contributed by atoms with Crippen LogP contribution in [-0.4, -0.2) is 65.1 Å². The van der Waals surface area contributed by atoms with Crippen LogP contribution in [0.3, 0.4) is 0 Å². The van der Waals surface area contributed by atoms with E-state index in [-0.39, 0.29) is 0 Å². The average molecular weight is 244 g/mol. The summed E-state index contributed by atoms with van der Waals surface area (Å²) in [7, 11) is 3.53. The maximum absolute atomic E-state index is 5.10. The molecule has 17 heavy (non-hydrogen) atoms. The van der Waals surface area contributed by atoms with Crippen LogP contribution in [0.5, 0.6) is 0 Å². The molecule has 1 aliphatic heterocycles. The highest BCUT2D eigenvalue weighted by atomic mass is 16.5. The first-order valence-corrected chi connectivity index (χ1v) is 6.77. The molecule has 1 unspecified atom stereocenters. The summed E-state index contributed by atoms with van der Waals surface area (Å²) in [6, 6.07) is 0. The SMILES string of the molecule is COCCCN1CCCC(CNCCOC)C1. The summed E-state index contributed by atoms with van der Waals surface area (Å²) in [5.74, 6) is 0.808. The first-order chi connectivity index (χ1) is 8.36. The summed E-state index contributed by atoms with van der Waals surface area (Å²) in [5.41, 5.74) is 0. The number of nitrogens with zero attached hydrogens (tertiary/aromatic N) is 1. The Morgan fingerprint density at radius 1 is 1.24 bits per heavy atom. The summed E-state index contributed by atoms with van der Waals surface area (Å²) in [5, 5.41) is 3.47. The van der Waals surface area contributed by atoms with Gasteiger partial charge in [-0.2, -0.15) is 0 Å². The van der Waals surface area contributed by atoms with Crippen LogP contribution in [0.15, 0.2) is 0 Å². The van der Waals surface area contributed by atoms with Crippen LogP contribution in [0.4, 0.5) is 0 Å². The van der Waals surface area contributed by atoms with E-state index in [9.17, 15) is 0 Å². The first-order valence-electron chi connectivity index (χ1n) is 6.77. The minimum absolute atomic E-state index is 0.808. The molecule has 0 spiro atoms. The zero-order valence-electron chi connectivity index (χ0n) is 11.4. The lowest BCUT2D eigenvalue weighted by molar-refractivity contribution is 0.138. The third kappa shape index (κ3) is 6.99. The molecule has 0 aromatic heterocycles. The molecule has 1 atom stereocenters. The first kappa shape index (κ1) is 14.9. The highest BCUT2D eigenvalue weighted by Gasteiger charge is 2.18. The topological polar surface area (TPSA) is 33.7 Å². The van der Waals surface area contributed by atoms with Gasteiger partial charge in [0.1, 0.15) is 0 Å². The summed E-state index contributed by atoms with van der Waals surface area (Å²) in [4.78, 5) is 2.57. The van der Waals surface area contributed by atoms with Crippen molar-refractivity contribution in [3.05, 3.63) is 0 Å². The van der Waals surface area contributed by atoms with Gasteiger partial charge in [-0.25, -0.2) is 0 Å². The number of hydrogen-bond acceptors (Lipinski definition) is 4. The van der Waals surface area contributed by atoms with Crippen LogP contribution in [0.2, 0.25) is 0 Å². The number of methoxy groups -OCH3 is 2. The van der Waals surface area contributed by atoms with E-state index in [1.165, 1.54) is 32.5 Å². The molecular formula is C13H28N2O2. The minimum atomic E-state index is 0.808. The van der Waals surface area contributed by atoms with Crippen molar-refractivity contribution in [2.24, 2.45) is 5.92 Å². The summed E-state index contributed by atoms with van der Waals surface area (Å²) in [6.07, 6.45) is 3.85. The lowest BCUT2D eigenvalue weighted by atomic mass is 9.98. The average Bonchev–Trinajstić information content (AvgIpc) is 2.36. The normalized spacial score (nSPS) is 21.9. The Balaban J connectivity index is 2.06. The standard InChI is InChI=1S/C13H28N2O2/c1-16-9-4-8-15-7-3-5-13(12-15)11-14-6-10-17-2/h13-14H,3-12H2,1-2H3. The van der Waals surface area contributed by atoms with Gasteiger partial charge in [0.2, 0.25) is 0 Å². The predicted molar refractivity (Wildman–Crippen MR) is 70.4 cm³/mol. The Morgan fingerprint density at radius 2 is 2.06 bits per heavy atom. The molecular weight excluding hydrogens is 216 g/mol. The highest BCUT2D eigenvalue weighted by molar-refractivity contribution is 4.74. The lowest BCUT2D eigenvalue weighted by Crippen LogP contribution is -2.40. The molecule has 1 saturated heterocycles. The van der Waals surface area contributed by atoms with Crippen molar-refractivity contribution in [3.8, 4) is 0 Å². The van der Waals surface area contributed by atoms with Gasteiger partial charge < -0.3 is 19.7 Å². The molecule has 4 nitrogen and oxygen atoms in total. The Morgan fingerprint density at radius 3 is 2.82 bits per heavy atom. The van der Waals surface area contributed by atoms with Gasteiger partial charge in [0, 0.05) is 40.5 Å². The van der Waals surface area contributed by atoms with Crippen LogP contribution in [0, 0.1) is 5.92 Å². The van der Waals surface area contributed by atoms with Crippen molar-refractivity contribution in [3.63, 3.8) is 0 Å². The van der Waals surface area contributed by atoms with Crippen molar-refractivity contribution >= 4 is 0 Å². The molecule has 1 fully saturated rings. The maximum Gasteiger partial charge on any atom is 0.0587 e. The van der Waals surface area contributed by atoms with Gasteiger partial charge in [0.05, 0.1) is 6.61 Å². The van der Waals surface area contributed by atoms with E-state index in [4.69, 9.17) is 9.47 Å². The van der Waals surface area contributed by atoms with Crippen LogP contribution >= 0.6 is 0 Å². The summed E-state index contributed by atoms with van der Waals surface area (Å²) in [6.45, 7) is 7.47. The molecule has 0 amide bonds. The fourth-order valence-electron chi connectivity index (χ4n) is 2.43. The number of rotatable bonds is 9. The molecule has 1 N–H and O–H groups in total. The molecule has 0 aliphatic carbocycles. The number of likely N-dealkylation sites (tertiary alicyclic amines) is 1. The molecule has 0 aromatic carbocycles. The van der Waals surface area contributed by atoms with Crippen molar-refractivity contribution in [1.82, 2.24) is 10.2 Å². The van der Waals surface area contributed by atoms with Crippen molar-refractivity contribution in [2.75, 3.05) is 60.2 Å². The largest absolute Gasteiger partial charge is 0.385 e. The maximum atomic E-state index is 5.10. The van der Waals surface area contributed by atoms with E-state index < -0.39 is 0 Å². The summed E-state index contributed by atoms with van der Waals surface area (Å²) < 4.78 is 10.1. The van der Waals surface area contributed by atoms with E-state index in [0.717, 1.165) is 38.6 Å². The van der Waals surface area contributed by atoms with E-state index >= 15 is 0 Å². The van der Waals surface area contributed by atoms with E-state index in [2.05, 4.69) is 10.2 Å². The van der Waals surface area contributed by atoms with E-state index in [0.29, 0.717) is 0 Å². The van der Waals surface area contributed by atoms with Gasteiger partial charge in [-0.1, -0.05) is 0 Å². The van der Waals surface area contributed by atoms with Crippen molar-refractivity contribution in [2.45, 2.75) is 19.3 Å². The van der Waals surface area contributed by atoms with Crippen LogP contribution in [-0.2, 0) is 9.47 Å². The molecule has 0 aromatic rings. The number of ether oxygens (including phenoxy) is 2. The van der Waals surface area contributed by atoms with Gasteiger partial charge in [-0.3, -0.25) is 0 Å². The Kier molecular flexibility index (Phi) is 8.61. The van der Waals surface area contributed by atoms with Gasteiger partial charge in [-0.05, 0) is 38.3 Å². The van der Waals surface area contributed by atoms with E-state index in [1.54, 1.807) is 14.2 Å². The van der Waals surface area contributed by atoms with Crippen LogP contribution < -0.4 is 5.32 Å². The number of nitrogens with one attached hydrogen (secondary N) is 1. The Labute approximate surface area is 106 Å². The van der Waals surface area contributed by atoms with E-state index in [1.807, 2.05) is 0 Å². The minimum Gasteiger partial charge on any atom is -0.385 e. The van der Waals surface area contributed by atoms with Crippen molar-refractivity contribution in [1.29, 1.82) is 0 Å². The zero-order chi connectivity index (χ0) is 12.3. The van der Waals surface area contributed by atoms with Gasteiger partial charge in [-0.15, -0.1) is 0 Å². The molecule has 0 saturated carbocycles. The molecule has 1 rings (SSSR count). The summed E-state index contributed by atoms with van der Waals surface area (Å²) >= 11 is 0. The smallest absolute Gasteiger partial charge is 0.0587 e. The molecule has 0 bridgehead atoms. The molecule has 4 heteroatoms. The van der Waals surface area contributed by atoms with Crippen LogP contribution in [0.25, 0.3) is 0 Å². The van der Waals surface area contributed by atoms with Crippen molar-refractivity contribution < 1.29 is 9.47 Å². The number of piperidine rings is 1. The lowest BCUT2D eigenvalue weighted by Gasteiger charge is -2.32. The third-order valence-corrected chi connectivity index (χ3v) is 3.34.